The van der Waals surface area contributed by atoms with Gasteiger partial charge in [-0.2, -0.15) is 0 Å². The van der Waals surface area contributed by atoms with Crippen molar-refractivity contribution in [2.45, 2.75) is 34.1 Å². The second-order valence-corrected chi connectivity index (χ2v) is 7.32. The molecule has 0 saturated heterocycles. The maximum absolute atomic E-state index is 11.2. The van der Waals surface area contributed by atoms with E-state index < -0.39 is 21.7 Å². The van der Waals surface area contributed by atoms with Crippen molar-refractivity contribution < 1.29 is 14.7 Å². The first-order chi connectivity index (χ1) is 7.88. The van der Waals surface area contributed by atoms with Crippen LogP contribution in [0.25, 0.3) is 0 Å². The normalized spacial score (nSPS) is 16.6. The Balaban J connectivity index is 4.85. The molecule has 96 valence electrons. The van der Waals surface area contributed by atoms with Crippen LogP contribution in [-0.2, 0) is 9.59 Å². The predicted molar refractivity (Wildman–Crippen MR) is 71.3 cm³/mol. The zero-order chi connectivity index (χ0) is 13.4. The number of carbonyl (C=O) groups excluding carboxylic acids is 1. The molecule has 0 aliphatic rings. The quantitative estimate of drug-likeness (QED) is 0.445. The van der Waals surface area contributed by atoms with E-state index in [0.29, 0.717) is 0 Å². The van der Waals surface area contributed by atoms with E-state index in [-0.39, 0.29) is 16.4 Å². The standard InChI is InChI=1S/C13H21AsO3/c1-5-6-7-9(2)10(3)12(8-13(16)17)14-11(4)15/h6-10,14H,5H2,1-4H3,(H,16,17)/b7-6+,12-8-. The number of hydrogen-bond donors (Lipinski definition) is 1. The summed E-state index contributed by atoms with van der Waals surface area (Å²) in [6.07, 6.45) is 6.36. The second-order valence-electron chi connectivity index (χ2n) is 4.10. The van der Waals surface area contributed by atoms with Gasteiger partial charge in [-0.15, -0.1) is 0 Å². The summed E-state index contributed by atoms with van der Waals surface area (Å²) in [4.78, 5) is 21.9. The Bertz CT molecular complexity index is 332. The molecule has 0 aromatic rings. The third-order valence-electron chi connectivity index (χ3n) is 2.55. The molecule has 0 fully saturated rings. The molecule has 3 nitrogen and oxygen atoms in total. The van der Waals surface area contributed by atoms with Crippen molar-refractivity contribution in [3.8, 4) is 0 Å². The Morgan fingerprint density at radius 2 is 1.94 bits per heavy atom. The minimum atomic E-state index is -0.958. The van der Waals surface area contributed by atoms with Gasteiger partial charge in [0.25, 0.3) is 0 Å². The number of carboxylic acid groups (broad SMARTS) is 1. The van der Waals surface area contributed by atoms with Crippen LogP contribution in [0.5, 0.6) is 0 Å². The molecule has 3 atom stereocenters. The van der Waals surface area contributed by atoms with Crippen LogP contribution in [0.15, 0.2) is 22.6 Å². The molecule has 0 saturated carbocycles. The van der Waals surface area contributed by atoms with E-state index in [2.05, 4.69) is 26.0 Å². The van der Waals surface area contributed by atoms with Gasteiger partial charge in [0.1, 0.15) is 0 Å². The predicted octanol–water partition coefficient (Wildman–Crippen LogP) is 2.18. The first-order valence-electron chi connectivity index (χ1n) is 5.77. The van der Waals surface area contributed by atoms with E-state index in [1.54, 1.807) is 0 Å². The summed E-state index contributed by atoms with van der Waals surface area (Å²) in [7, 11) is 0. The van der Waals surface area contributed by atoms with Gasteiger partial charge < -0.3 is 0 Å². The Hall–Kier alpha value is -0.822. The average Bonchev–Trinajstić information content (AvgIpc) is 2.22. The summed E-state index contributed by atoms with van der Waals surface area (Å²) in [5.74, 6) is -0.565. The third-order valence-corrected chi connectivity index (χ3v) is 5.16. The van der Waals surface area contributed by atoms with Crippen molar-refractivity contribution in [1.82, 2.24) is 0 Å². The van der Waals surface area contributed by atoms with Gasteiger partial charge in [0, 0.05) is 0 Å². The molecule has 0 radical (unpaired) electrons. The van der Waals surface area contributed by atoms with Crippen molar-refractivity contribution in [2.75, 3.05) is 0 Å². The molecule has 0 aliphatic carbocycles. The Morgan fingerprint density at radius 1 is 1.35 bits per heavy atom. The van der Waals surface area contributed by atoms with E-state index in [1.165, 1.54) is 13.0 Å². The van der Waals surface area contributed by atoms with Crippen molar-refractivity contribution in [2.24, 2.45) is 11.8 Å². The van der Waals surface area contributed by atoms with Crippen LogP contribution in [-0.4, -0.2) is 31.4 Å². The molecule has 0 aliphatic heterocycles. The van der Waals surface area contributed by atoms with E-state index in [9.17, 15) is 9.59 Å². The van der Waals surface area contributed by atoms with Crippen LogP contribution < -0.4 is 0 Å². The fraction of sp³-hybridized carbons (Fsp3) is 0.538. The zero-order valence-corrected chi connectivity index (χ0v) is 13.0. The minimum absolute atomic E-state index is 0.121. The third kappa shape index (κ3) is 7.17. The van der Waals surface area contributed by atoms with Crippen LogP contribution in [0.4, 0.5) is 0 Å². The SMILES string of the molecule is CC/C=C/C(C)C(C)/C(=C/C(=O)O)[AsH]C(C)=O. The fourth-order valence-electron chi connectivity index (χ4n) is 1.42. The number of carbonyl (C=O) groups is 2. The zero-order valence-electron chi connectivity index (χ0n) is 10.9. The van der Waals surface area contributed by atoms with Crippen molar-refractivity contribution in [3.05, 3.63) is 22.6 Å². The van der Waals surface area contributed by atoms with Crippen LogP contribution in [0.3, 0.4) is 0 Å². The molecule has 0 amide bonds. The molecule has 1 N–H and O–H groups in total. The van der Waals surface area contributed by atoms with Crippen molar-refractivity contribution in [3.63, 3.8) is 0 Å². The summed E-state index contributed by atoms with van der Waals surface area (Å²) >= 11 is -0.958. The van der Waals surface area contributed by atoms with E-state index in [1.807, 2.05) is 6.92 Å². The number of hydrogen-bond acceptors (Lipinski definition) is 2. The average molecular weight is 300 g/mol. The Kier molecular flexibility index (Phi) is 7.89. The molecule has 17 heavy (non-hydrogen) atoms. The Labute approximate surface area is 110 Å². The van der Waals surface area contributed by atoms with Gasteiger partial charge in [-0.25, -0.2) is 0 Å². The van der Waals surface area contributed by atoms with E-state index in [0.717, 1.165) is 10.8 Å². The van der Waals surface area contributed by atoms with Gasteiger partial charge in [0.05, 0.1) is 0 Å². The summed E-state index contributed by atoms with van der Waals surface area (Å²) in [5.41, 5.74) is 0. The second kappa shape index (κ2) is 8.30. The fourth-order valence-corrected chi connectivity index (χ4v) is 3.71. The summed E-state index contributed by atoms with van der Waals surface area (Å²) in [5, 5.41) is 8.82. The maximum atomic E-state index is 11.2. The van der Waals surface area contributed by atoms with Gasteiger partial charge in [0.2, 0.25) is 0 Å². The Morgan fingerprint density at radius 3 is 2.35 bits per heavy atom. The van der Waals surface area contributed by atoms with Crippen LogP contribution in [0, 0.1) is 11.8 Å². The first kappa shape index (κ1) is 16.2. The van der Waals surface area contributed by atoms with Crippen LogP contribution in [0.1, 0.15) is 34.1 Å². The van der Waals surface area contributed by atoms with Crippen molar-refractivity contribution >= 4 is 26.3 Å². The van der Waals surface area contributed by atoms with Gasteiger partial charge in [-0.05, 0) is 0 Å². The number of carboxylic acids is 1. The first-order valence-corrected chi connectivity index (χ1v) is 7.87. The monoisotopic (exact) mass is 300 g/mol. The molecule has 0 bridgehead atoms. The van der Waals surface area contributed by atoms with Gasteiger partial charge >= 0.3 is 110 Å². The molecule has 0 aromatic heterocycles. The van der Waals surface area contributed by atoms with E-state index in [4.69, 9.17) is 5.11 Å². The van der Waals surface area contributed by atoms with Gasteiger partial charge in [0.15, 0.2) is 0 Å². The number of allylic oxidation sites excluding steroid dienone is 3. The molecule has 4 heteroatoms. The molecular formula is C13H21AsO3. The van der Waals surface area contributed by atoms with Gasteiger partial charge in [-0.3, -0.25) is 0 Å². The van der Waals surface area contributed by atoms with Crippen molar-refractivity contribution in [1.29, 1.82) is 0 Å². The van der Waals surface area contributed by atoms with Crippen LogP contribution >= 0.6 is 0 Å². The van der Waals surface area contributed by atoms with Gasteiger partial charge in [-0.1, -0.05) is 0 Å². The summed E-state index contributed by atoms with van der Waals surface area (Å²) in [6.45, 7) is 7.64. The summed E-state index contributed by atoms with van der Waals surface area (Å²) in [6, 6.07) is 0. The molecular weight excluding hydrogens is 279 g/mol. The topological polar surface area (TPSA) is 54.4 Å². The molecule has 0 aromatic carbocycles. The number of aliphatic carboxylic acids is 1. The molecule has 0 rings (SSSR count). The summed E-state index contributed by atoms with van der Waals surface area (Å²) < 4.78 is 0.939. The molecule has 0 spiro atoms. The number of rotatable bonds is 7. The molecule has 0 heterocycles. The van der Waals surface area contributed by atoms with Crippen LogP contribution in [0.2, 0.25) is 0 Å². The van der Waals surface area contributed by atoms with E-state index >= 15 is 0 Å². The molecule has 3 unspecified atom stereocenters.